The van der Waals surface area contributed by atoms with Crippen LogP contribution in [0.4, 0.5) is 5.69 Å². The predicted octanol–water partition coefficient (Wildman–Crippen LogP) is 4.22. The molecule has 3 aromatic rings. The molecule has 2 aromatic carbocycles. The number of hydrogen-bond acceptors (Lipinski definition) is 4. The Balaban J connectivity index is 1.63. The molecule has 2 heterocycles. The molecule has 0 radical (unpaired) electrons. The first kappa shape index (κ1) is 15.3. The summed E-state index contributed by atoms with van der Waals surface area (Å²) >= 11 is 1.30. The fourth-order valence-electron chi connectivity index (χ4n) is 3.26. The van der Waals surface area contributed by atoms with Gasteiger partial charge in [0.2, 0.25) is 5.91 Å². The van der Waals surface area contributed by atoms with Crippen molar-refractivity contribution in [3.05, 3.63) is 42.5 Å². The molecule has 5 heteroatoms. The number of hydrogen-bond donors (Lipinski definition) is 0. The van der Waals surface area contributed by atoms with Crippen molar-refractivity contribution in [3.8, 4) is 0 Å². The monoisotopic (exact) mass is 339 g/mol. The highest BCUT2D eigenvalue weighted by molar-refractivity contribution is 8.13. The third kappa shape index (κ3) is 2.69. The van der Waals surface area contributed by atoms with E-state index < -0.39 is 0 Å². The summed E-state index contributed by atoms with van der Waals surface area (Å²) in [5.41, 5.74) is 2.51. The number of anilines is 1. The van der Waals surface area contributed by atoms with Gasteiger partial charge in [-0.25, -0.2) is 0 Å². The van der Waals surface area contributed by atoms with E-state index in [0.29, 0.717) is 18.7 Å². The zero-order chi connectivity index (χ0) is 16.7. The molecule has 1 aliphatic rings. The largest absolute Gasteiger partial charge is 0.456 e. The van der Waals surface area contributed by atoms with Gasteiger partial charge in [-0.15, -0.1) is 0 Å². The molecule has 1 fully saturated rings. The van der Waals surface area contributed by atoms with Gasteiger partial charge in [0.05, 0.1) is 0 Å². The van der Waals surface area contributed by atoms with E-state index in [1.54, 1.807) is 11.8 Å². The highest BCUT2D eigenvalue weighted by Gasteiger charge is 2.31. The second-order valence-electron chi connectivity index (χ2n) is 6.16. The van der Waals surface area contributed by atoms with Crippen LogP contribution in [0.1, 0.15) is 13.3 Å². The number of para-hydroxylation sites is 1. The normalized spacial score (nSPS) is 18.0. The molecule has 1 amide bonds. The SMILES string of the molecule is CC(=O)SCC1CC(=O)N(c2ccc3c(c2)oc2ccccc23)C1. The number of carbonyl (C=O) groups is 2. The molecule has 1 saturated heterocycles. The molecule has 0 bridgehead atoms. The quantitative estimate of drug-likeness (QED) is 0.717. The average molecular weight is 339 g/mol. The Morgan fingerprint density at radius 2 is 2.00 bits per heavy atom. The fourth-order valence-corrected chi connectivity index (χ4v) is 3.95. The van der Waals surface area contributed by atoms with Crippen LogP contribution < -0.4 is 4.90 Å². The summed E-state index contributed by atoms with van der Waals surface area (Å²) in [6, 6.07) is 13.9. The zero-order valence-corrected chi connectivity index (χ0v) is 14.1. The van der Waals surface area contributed by atoms with Crippen molar-refractivity contribution in [1.82, 2.24) is 0 Å². The van der Waals surface area contributed by atoms with E-state index in [4.69, 9.17) is 4.42 Å². The fraction of sp³-hybridized carbons (Fsp3) is 0.263. The van der Waals surface area contributed by atoms with Crippen LogP contribution in [0.5, 0.6) is 0 Å². The molecule has 24 heavy (non-hydrogen) atoms. The maximum atomic E-state index is 12.3. The smallest absolute Gasteiger partial charge is 0.227 e. The van der Waals surface area contributed by atoms with Gasteiger partial charge < -0.3 is 9.32 Å². The van der Waals surface area contributed by atoms with Crippen molar-refractivity contribution in [3.63, 3.8) is 0 Å². The molecular formula is C19H17NO3S. The molecule has 122 valence electrons. The van der Waals surface area contributed by atoms with Crippen LogP contribution in [-0.2, 0) is 9.59 Å². The van der Waals surface area contributed by atoms with Crippen LogP contribution in [0, 0.1) is 5.92 Å². The lowest BCUT2D eigenvalue weighted by Gasteiger charge is -2.16. The molecule has 0 spiro atoms. The van der Waals surface area contributed by atoms with Crippen molar-refractivity contribution in [2.75, 3.05) is 17.2 Å². The maximum Gasteiger partial charge on any atom is 0.227 e. The number of furan rings is 1. The molecule has 1 aromatic heterocycles. The van der Waals surface area contributed by atoms with Crippen LogP contribution in [0.3, 0.4) is 0 Å². The number of fused-ring (bicyclic) bond motifs is 3. The molecule has 4 rings (SSSR count). The first-order valence-electron chi connectivity index (χ1n) is 7.97. The summed E-state index contributed by atoms with van der Waals surface area (Å²) in [4.78, 5) is 25.3. The first-order valence-corrected chi connectivity index (χ1v) is 8.95. The van der Waals surface area contributed by atoms with Crippen molar-refractivity contribution in [2.24, 2.45) is 5.92 Å². The lowest BCUT2D eigenvalue weighted by Crippen LogP contribution is -2.24. The minimum Gasteiger partial charge on any atom is -0.456 e. The van der Waals surface area contributed by atoms with Crippen LogP contribution in [0.25, 0.3) is 21.9 Å². The van der Waals surface area contributed by atoms with Crippen molar-refractivity contribution in [2.45, 2.75) is 13.3 Å². The Kier molecular flexibility index (Phi) is 3.81. The Morgan fingerprint density at radius 3 is 2.83 bits per heavy atom. The molecular weight excluding hydrogens is 322 g/mol. The van der Waals surface area contributed by atoms with E-state index >= 15 is 0 Å². The zero-order valence-electron chi connectivity index (χ0n) is 13.3. The van der Waals surface area contributed by atoms with Crippen LogP contribution in [0.2, 0.25) is 0 Å². The summed E-state index contributed by atoms with van der Waals surface area (Å²) < 4.78 is 5.91. The number of benzene rings is 2. The Labute approximate surface area is 143 Å². The highest BCUT2D eigenvalue weighted by atomic mass is 32.2. The van der Waals surface area contributed by atoms with Crippen molar-refractivity contribution < 1.29 is 14.0 Å². The highest BCUT2D eigenvalue weighted by Crippen LogP contribution is 2.34. The number of nitrogens with zero attached hydrogens (tertiary/aromatic N) is 1. The molecule has 1 atom stereocenters. The number of carbonyl (C=O) groups excluding carboxylic acids is 2. The number of thioether (sulfide) groups is 1. The summed E-state index contributed by atoms with van der Waals surface area (Å²) in [6.45, 7) is 2.22. The maximum absolute atomic E-state index is 12.3. The van der Waals surface area contributed by atoms with Crippen LogP contribution in [0.15, 0.2) is 46.9 Å². The van der Waals surface area contributed by atoms with E-state index in [1.165, 1.54) is 11.8 Å². The molecule has 0 aliphatic carbocycles. The van der Waals surface area contributed by atoms with E-state index in [1.807, 2.05) is 42.5 Å². The van der Waals surface area contributed by atoms with Gasteiger partial charge in [0, 0.05) is 48.2 Å². The lowest BCUT2D eigenvalue weighted by atomic mass is 10.1. The van der Waals surface area contributed by atoms with E-state index in [2.05, 4.69) is 0 Å². The topological polar surface area (TPSA) is 50.5 Å². The number of amides is 1. The van der Waals surface area contributed by atoms with Gasteiger partial charge in [0.1, 0.15) is 11.2 Å². The summed E-state index contributed by atoms with van der Waals surface area (Å²) in [6.07, 6.45) is 0.498. The lowest BCUT2D eigenvalue weighted by molar-refractivity contribution is -0.117. The Hall–Kier alpha value is -2.27. The van der Waals surface area contributed by atoms with Gasteiger partial charge in [-0.05, 0) is 24.1 Å². The minimum absolute atomic E-state index is 0.101. The molecule has 1 unspecified atom stereocenters. The van der Waals surface area contributed by atoms with Crippen LogP contribution in [-0.4, -0.2) is 23.3 Å². The summed E-state index contributed by atoms with van der Waals surface area (Å²) in [7, 11) is 0. The second-order valence-corrected chi connectivity index (χ2v) is 7.35. The van der Waals surface area contributed by atoms with E-state index in [9.17, 15) is 9.59 Å². The molecule has 0 N–H and O–H groups in total. The summed E-state index contributed by atoms with van der Waals surface area (Å²) in [5, 5.41) is 2.25. The minimum atomic E-state index is 0.101. The molecule has 1 aliphatic heterocycles. The van der Waals surface area contributed by atoms with Crippen molar-refractivity contribution in [1.29, 1.82) is 0 Å². The number of rotatable bonds is 3. The van der Waals surface area contributed by atoms with Gasteiger partial charge in [-0.3, -0.25) is 9.59 Å². The van der Waals surface area contributed by atoms with Gasteiger partial charge in [0.15, 0.2) is 5.12 Å². The Morgan fingerprint density at radius 1 is 1.21 bits per heavy atom. The molecule has 4 nitrogen and oxygen atoms in total. The third-order valence-corrected chi connectivity index (χ3v) is 5.45. The first-order chi connectivity index (χ1) is 11.6. The third-order valence-electron chi connectivity index (χ3n) is 4.40. The van der Waals surface area contributed by atoms with Crippen molar-refractivity contribution >= 4 is 50.4 Å². The Bertz CT molecular complexity index is 946. The average Bonchev–Trinajstić information content (AvgIpc) is 3.12. The standard InChI is InChI=1S/C19H17NO3S/c1-12(21)24-11-13-8-19(22)20(10-13)14-6-7-16-15-4-2-3-5-17(15)23-18(16)9-14/h2-7,9,13H,8,10-11H2,1H3. The van der Waals surface area contributed by atoms with Gasteiger partial charge in [-0.2, -0.15) is 0 Å². The summed E-state index contributed by atoms with van der Waals surface area (Å²) in [5.74, 6) is 1.03. The van der Waals surface area contributed by atoms with E-state index in [0.717, 1.165) is 27.6 Å². The molecule has 0 saturated carbocycles. The predicted molar refractivity (Wildman–Crippen MR) is 97.3 cm³/mol. The van der Waals surface area contributed by atoms with Gasteiger partial charge in [-0.1, -0.05) is 30.0 Å². The van der Waals surface area contributed by atoms with Crippen LogP contribution >= 0.6 is 11.8 Å². The van der Waals surface area contributed by atoms with E-state index in [-0.39, 0.29) is 16.9 Å². The van der Waals surface area contributed by atoms with Gasteiger partial charge in [0.25, 0.3) is 0 Å². The second kappa shape index (κ2) is 5.98. The van der Waals surface area contributed by atoms with Gasteiger partial charge >= 0.3 is 0 Å².